The Morgan fingerprint density at radius 2 is 1.64 bits per heavy atom. The summed E-state index contributed by atoms with van der Waals surface area (Å²) in [5.41, 5.74) is 0. The van der Waals surface area contributed by atoms with Gasteiger partial charge in [0.2, 0.25) is 0 Å². The minimum Gasteiger partial charge on any atom is -0.303 e. The Labute approximate surface area is 137 Å². The van der Waals surface area contributed by atoms with Crippen molar-refractivity contribution in [1.29, 1.82) is 0 Å². The molecule has 4 nitrogen and oxygen atoms in total. The summed E-state index contributed by atoms with van der Waals surface area (Å²) in [6.07, 6.45) is 13.8. The van der Waals surface area contributed by atoms with Gasteiger partial charge in [-0.3, -0.25) is 4.18 Å². The van der Waals surface area contributed by atoms with E-state index in [0.717, 1.165) is 31.6 Å². The molecule has 0 unspecified atom stereocenters. The van der Waals surface area contributed by atoms with Crippen LogP contribution in [-0.2, 0) is 14.3 Å². The molecule has 0 bridgehead atoms. The van der Waals surface area contributed by atoms with Crippen LogP contribution in [0.3, 0.4) is 0 Å². The zero-order valence-electron chi connectivity index (χ0n) is 14.6. The molecule has 0 spiro atoms. The van der Waals surface area contributed by atoms with E-state index in [4.69, 9.17) is 4.18 Å². The minimum absolute atomic E-state index is 0.324. The second-order valence-corrected chi connectivity index (χ2v) is 8.39. The lowest BCUT2D eigenvalue weighted by Crippen LogP contribution is -2.32. The lowest BCUT2D eigenvalue weighted by Gasteiger charge is -2.29. The molecule has 1 rings (SSSR count). The topological polar surface area (TPSA) is 46.6 Å². The quantitative estimate of drug-likeness (QED) is 0.402. The second kappa shape index (κ2) is 11.4. The van der Waals surface area contributed by atoms with Crippen molar-refractivity contribution in [2.75, 3.05) is 32.5 Å². The molecule has 0 atom stereocenters. The average molecular weight is 334 g/mol. The zero-order valence-corrected chi connectivity index (χ0v) is 15.4. The fourth-order valence-corrected chi connectivity index (χ4v) is 3.68. The third kappa shape index (κ3) is 10.6. The van der Waals surface area contributed by atoms with Crippen LogP contribution in [0.15, 0.2) is 0 Å². The number of rotatable bonds is 12. The Kier molecular flexibility index (Phi) is 10.3. The van der Waals surface area contributed by atoms with Gasteiger partial charge in [0.25, 0.3) is 10.1 Å². The standard InChI is InChI=1S/C17H35NO3S/c1-3-4-8-13-18(16-17-11-6-5-7-12-17)14-9-10-15-21-22(2,19)20/h17H,3-16H2,1-2H3. The number of hydrogen-bond acceptors (Lipinski definition) is 4. The van der Waals surface area contributed by atoms with Crippen LogP contribution in [0.1, 0.15) is 71.1 Å². The van der Waals surface area contributed by atoms with Crippen LogP contribution in [0.25, 0.3) is 0 Å². The molecule has 0 aliphatic heterocycles. The fraction of sp³-hybridized carbons (Fsp3) is 1.00. The fourth-order valence-electron chi connectivity index (χ4n) is 3.26. The van der Waals surface area contributed by atoms with Crippen LogP contribution >= 0.6 is 0 Å². The minimum atomic E-state index is -3.28. The molecule has 1 saturated carbocycles. The maximum absolute atomic E-state index is 10.9. The molecule has 1 aliphatic carbocycles. The van der Waals surface area contributed by atoms with E-state index in [1.165, 1.54) is 64.5 Å². The highest BCUT2D eigenvalue weighted by Crippen LogP contribution is 2.24. The van der Waals surface area contributed by atoms with E-state index < -0.39 is 10.1 Å². The maximum Gasteiger partial charge on any atom is 0.264 e. The van der Waals surface area contributed by atoms with E-state index in [9.17, 15) is 8.42 Å². The molecule has 22 heavy (non-hydrogen) atoms. The Morgan fingerprint density at radius 3 is 2.23 bits per heavy atom. The van der Waals surface area contributed by atoms with Crippen molar-refractivity contribution in [3.8, 4) is 0 Å². The zero-order chi connectivity index (χ0) is 16.3. The summed E-state index contributed by atoms with van der Waals surface area (Å²) in [4.78, 5) is 2.60. The van der Waals surface area contributed by atoms with E-state index in [1.807, 2.05) is 0 Å². The van der Waals surface area contributed by atoms with Crippen molar-refractivity contribution >= 4 is 10.1 Å². The van der Waals surface area contributed by atoms with Gasteiger partial charge < -0.3 is 4.90 Å². The summed E-state index contributed by atoms with van der Waals surface area (Å²) in [7, 11) is -3.28. The van der Waals surface area contributed by atoms with Crippen molar-refractivity contribution < 1.29 is 12.6 Å². The second-order valence-electron chi connectivity index (χ2n) is 6.74. The summed E-state index contributed by atoms with van der Waals surface area (Å²) in [6.45, 7) is 6.07. The largest absolute Gasteiger partial charge is 0.303 e. The molecule has 0 aromatic carbocycles. The van der Waals surface area contributed by atoms with E-state index >= 15 is 0 Å². The third-order valence-electron chi connectivity index (χ3n) is 4.49. The molecule has 1 fully saturated rings. The smallest absolute Gasteiger partial charge is 0.264 e. The molecule has 0 radical (unpaired) electrons. The highest BCUT2D eigenvalue weighted by molar-refractivity contribution is 7.85. The Morgan fingerprint density at radius 1 is 1.00 bits per heavy atom. The SMILES string of the molecule is CCCCCN(CCCCOS(C)(=O)=O)CC1CCCCC1. The van der Waals surface area contributed by atoms with Gasteiger partial charge in [-0.05, 0) is 51.1 Å². The molecule has 1 aliphatic rings. The van der Waals surface area contributed by atoms with Crippen molar-refractivity contribution in [3.63, 3.8) is 0 Å². The first-order chi connectivity index (χ1) is 10.5. The predicted octanol–water partition coefficient (Wildman–Crippen LogP) is 3.82. The van der Waals surface area contributed by atoms with E-state index in [1.54, 1.807) is 0 Å². The van der Waals surface area contributed by atoms with Gasteiger partial charge in [0.1, 0.15) is 0 Å². The van der Waals surface area contributed by atoms with Gasteiger partial charge in [-0.1, -0.05) is 39.0 Å². The lowest BCUT2D eigenvalue weighted by atomic mass is 9.89. The normalized spacial score (nSPS) is 17.2. The number of hydrogen-bond donors (Lipinski definition) is 0. The van der Waals surface area contributed by atoms with Crippen LogP contribution in [0.4, 0.5) is 0 Å². The highest BCUT2D eigenvalue weighted by atomic mass is 32.2. The third-order valence-corrected chi connectivity index (χ3v) is 5.08. The van der Waals surface area contributed by atoms with E-state index in [2.05, 4.69) is 11.8 Å². The monoisotopic (exact) mass is 333 g/mol. The van der Waals surface area contributed by atoms with Gasteiger partial charge in [-0.2, -0.15) is 8.42 Å². The summed E-state index contributed by atoms with van der Waals surface area (Å²) >= 11 is 0. The summed E-state index contributed by atoms with van der Waals surface area (Å²) in [5, 5.41) is 0. The summed E-state index contributed by atoms with van der Waals surface area (Å²) in [6, 6.07) is 0. The van der Waals surface area contributed by atoms with Gasteiger partial charge in [0.15, 0.2) is 0 Å². The molecule has 0 aromatic rings. The molecule has 0 saturated heterocycles. The van der Waals surface area contributed by atoms with Gasteiger partial charge in [-0.25, -0.2) is 0 Å². The Bertz CT molecular complexity index is 364. The first-order valence-electron chi connectivity index (χ1n) is 9.08. The Hall–Kier alpha value is -0.130. The molecule has 132 valence electrons. The molecule has 0 heterocycles. The maximum atomic E-state index is 10.9. The van der Waals surface area contributed by atoms with Crippen LogP contribution < -0.4 is 0 Å². The first kappa shape index (κ1) is 19.9. The molecular formula is C17H35NO3S. The van der Waals surface area contributed by atoms with Crippen LogP contribution in [0.2, 0.25) is 0 Å². The molecular weight excluding hydrogens is 298 g/mol. The Balaban J connectivity index is 2.24. The highest BCUT2D eigenvalue weighted by Gasteiger charge is 2.16. The average Bonchev–Trinajstić information content (AvgIpc) is 2.46. The number of nitrogens with zero attached hydrogens (tertiary/aromatic N) is 1. The van der Waals surface area contributed by atoms with E-state index in [0.29, 0.717) is 6.61 Å². The predicted molar refractivity (Wildman–Crippen MR) is 92.6 cm³/mol. The van der Waals surface area contributed by atoms with Crippen LogP contribution in [0.5, 0.6) is 0 Å². The molecule has 0 amide bonds. The van der Waals surface area contributed by atoms with Gasteiger partial charge >= 0.3 is 0 Å². The van der Waals surface area contributed by atoms with Crippen molar-refractivity contribution in [2.24, 2.45) is 5.92 Å². The van der Waals surface area contributed by atoms with Gasteiger partial charge in [0.05, 0.1) is 12.9 Å². The summed E-state index contributed by atoms with van der Waals surface area (Å²) in [5.74, 6) is 0.877. The van der Waals surface area contributed by atoms with Gasteiger partial charge in [0, 0.05) is 6.54 Å². The van der Waals surface area contributed by atoms with Crippen LogP contribution in [-0.4, -0.2) is 45.8 Å². The van der Waals surface area contributed by atoms with Crippen molar-refractivity contribution in [1.82, 2.24) is 4.90 Å². The molecule has 5 heteroatoms. The number of unbranched alkanes of at least 4 members (excludes halogenated alkanes) is 3. The summed E-state index contributed by atoms with van der Waals surface area (Å²) < 4.78 is 26.7. The van der Waals surface area contributed by atoms with Gasteiger partial charge in [-0.15, -0.1) is 0 Å². The van der Waals surface area contributed by atoms with Crippen molar-refractivity contribution in [3.05, 3.63) is 0 Å². The molecule has 0 N–H and O–H groups in total. The van der Waals surface area contributed by atoms with Crippen molar-refractivity contribution in [2.45, 2.75) is 71.1 Å². The molecule has 0 aromatic heterocycles. The van der Waals surface area contributed by atoms with E-state index in [-0.39, 0.29) is 0 Å². The first-order valence-corrected chi connectivity index (χ1v) is 10.9. The van der Waals surface area contributed by atoms with Crippen LogP contribution in [0, 0.1) is 5.92 Å². The lowest BCUT2D eigenvalue weighted by molar-refractivity contribution is 0.190.